The summed E-state index contributed by atoms with van der Waals surface area (Å²) in [5, 5.41) is 58.1. The molecule has 2 fully saturated rings. The highest BCUT2D eigenvalue weighted by Crippen LogP contribution is 2.39. The molecular formula is C89H108Br4ClI2N23O18Si3. The van der Waals surface area contributed by atoms with Crippen molar-refractivity contribution in [3.05, 3.63) is 207 Å². The van der Waals surface area contributed by atoms with E-state index in [1.165, 1.54) is 36.3 Å². The largest absolute Gasteiger partial charge is 0.505 e. The lowest BCUT2D eigenvalue weighted by Gasteiger charge is -2.30. The van der Waals surface area contributed by atoms with E-state index < -0.39 is 59.2 Å². The van der Waals surface area contributed by atoms with Crippen molar-refractivity contribution in [3.63, 3.8) is 0 Å². The van der Waals surface area contributed by atoms with Crippen LogP contribution in [0.25, 0.3) is 11.1 Å². The van der Waals surface area contributed by atoms with Gasteiger partial charge in [0.25, 0.3) is 23.6 Å². The first-order valence-electron chi connectivity index (χ1n) is 42.6. The Hall–Kier alpha value is -10.9. The van der Waals surface area contributed by atoms with Crippen LogP contribution in [0.5, 0.6) is 34.5 Å². The number of nitrogens with zero attached hydrogens (tertiary/aromatic N) is 13. The average molecular weight is 2480 g/mol. The number of hydrogen-bond donors (Lipinski definition) is 12. The van der Waals surface area contributed by atoms with Gasteiger partial charge in [-0.05, 0) is 223 Å². The van der Waals surface area contributed by atoms with Crippen molar-refractivity contribution >= 4 is 232 Å². The lowest BCUT2D eigenvalue weighted by molar-refractivity contribution is -0.125. The fourth-order valence-electron chi connectivity index (χ4n) is 12.5. The van der Waals surface area contributed by atoms with E-state index in [9.17, 15) is 33.9 Å². The van der Waals surface area contributed by atoms with Crippen molar-refractivity contribution in [2.45, 2.75) is 115 Å². The lowest BCUT2D eigenvalue weighted by atomic mass is 9.90. The van der Waals surface area contributed by atoms with E-state index in [0.29, 0.717) is 114 Å². The third kappa shape index (κ3) is 35.0. The van der Waals surface area contributed by atoms with Crippen molar-refractivity contribution in [1.29, 1.82) is 0 Å². The van der Waals surface area contributed by atoms with E-state index in [4.69, 9.17) is 75.9 Å². The van der Waals surface area contributed by atoms with Gasteiger partial charge in [-0.3, -0.25) is 40.0 Å². The van der Waals surface area contributed by atoms with Crippen LogP contribution in [0.2, 0.25) is 77.1 Å². The zero-order valence-electron chi connectivity index (χ0n) is 78.6. The van der Waals surface area contributed by atoms with Crippen molar-refractivity contribution < 1.29 is 86.0 Å². The quantitative estimate of drug-likeness (QED) is 0.00266. The number of aromatic hydroxyl groups is 2. The Morgan fingerprint density at radius 2 is 1.01 bits per heavy atom. The third-order valence-corrected chi connectivity index (χ3v) is 28.5. The molecule has 0 bridgehead atoms. The monoisotopic (exact) mass is 2480 g/mol. The number of methoxy groups -OCH3 is 4. The summed E-state index contributed by atoms with van der Waals surface area (Å²) in [6.07, 6.45) is 20.3. The number of nitrogens with two attached hydrogens (primary N) is 1. The molecule has 2 saturated heterocycles. The number of benzene rings is 2. The van der Waals surface area contributed by atoms with E-state index in [2.05, 4.69) is 266 Å². The van der Waals surface area contributed by atoms with Crippen molar-refractivity contribution in [2.24, 2.45) is 0 Å². The standard InChI is InChI=1S/C23H19N7O5.C16H25BrN4O3Si.C15H13N3O4.C11H17BrINO2Si.C8H7BrN4O.C6H15ClOSi.C5H3BrINO.C5H9N3O/c1-34-14-3-2-12-9-30(20(31)15(12)6-14)11-23(21(32)28-22(33)29-23)16-10-35-17-4-5-18(27-19(16)17)26-13-7-24-25-8-13;1-22-11-21-10-13(9-18-21)19-15-6-5-14(16(17)20-15)24-12-23-7-8-25(2,3)4;1-3-15(13(20)16-14(21)17-15)8-18-7-9-4-5-10(22-2)6-11(9)12(18)19;1-17(2,3)7-6-15-8-16-9-4-5-10(13)14-11(9)12;9-8-6(14)1-2-7(13-8)12-5-3-10-11-4-5;1-9(2,3)5-4-8-6-7;6-5-3(9)1-2-4(7)8-5;1-9-4-8-3-5(6)2-7-8/h2-8,10H,9,11H2,1H3,(H,24,25)(H,26,27)(H2,28,29,32,33);5-6,9-10H,7-8,11-12H2,1-4H3,(H,19,20);1,4-6H,7-8H2,2H3,(H2,16,17,20,21);4-5H,6-8H2,1-3H3;1-4,14H,(H,10,11)(H,12,13);4-6H2,1-3H3;1-2,9H;2-3H,4,6H2,1H3/t23-;;15-;;;;;/m0.1...../s1. The number of halogens is 7. The Morgan fingerprint density at radius 3 is 1.46 bits per heavy atom. The topological polar surface area (TPSA) is 513 Å². The molecule has 0 aliphatic carbocycles. The second-order valence-corrected chi connectivity index (χ2v) is 56.5. The number of aromatic amines is 2. The number of nitrogens with one attached hydrogen (secondary N) is 9. The number of hydrogen-bond acceptors (Lipinski definition) is 31. The number of carbonyl (C=O) groups is 6. The van der Waals surface area contributed by atoms with Gasteiger partial charge in [0, 0.05) is 94.9 Å². The molecule has 41 nitrogen and oxygen atoms in total. The molecule has 51 heteroatoms. The maximum atomic E-state index is 13.2. The molecule has 14 heterocycles. The fraction of sp³-hybridized carbons (Fsp3) is 0.337. The predicted molar refractivity (Wildman–Crippen MR) is 567 cm³/mol. The number of terminal acetylenes is 1. The first kappa shape index (κ1) is 113. The molecule has 12 aromatic rings. The summed E-state index contributed by atoms with van der Waals surface area (Å²) in [7, 11) is 3.32. The molecule has 0 unspecified atom stereocenters. The summed E-state index contributed by atoms with van der Waals surface area (Å²) < 4.78 is 60.3. The van der Waals surface area contributed by atoms with Gasteiger partial charge in [-0.1, -0.05) is 88.6 Å². The van der Waals surface area contributed by atoms with Gasteiger partial charge < -0.3 is 99.4 Å². The molecule has 4 aliphatic rings. The fourth-order valence-corrected chi connectivity index (χ4v) is 17.9. The Kier molecular flexibility index (Phi) is 43.3. The smallest absolute Gasteiger partial charge is 0.323 e. The Bertz CT molecular complexity index is 6200. The minimum absolute atomic E-state index is 0.0864. The van der Waals surface area contributed by atoms with Crippen LogP contribution < -0.4 is 61.9 Å². The van der Waals surface area contributed by atoms with Crippen LogP contribution >= 0.6 is 121 Å². The number of alkyl halides is 1. The van der Waals surface area contributed by atoms with Crippen molar-refractivity contribution in [3.8, 4) is 46.8 Å². The maximum Gasteiger partial charge on any atom is 0.323 e. The molecular weight excluding hydrogens is 2370 g/mol. The number of aromatic nitrogens is 13. The van der Waals surface area contributed by atoms with Crippen LogP contribution in [0, 0.1) is 19.7 Å². The highest BCUT2D eigenvalue weighted by molar-refractivity contribution is 14.1. The minimum atomic E-state index is -1.59. The highest BCUT2D eigenvalue weighted by atomic mass is 127. The van der Waals surface area contributed by atoms with Crippen LogP contribution in [0.15, 0.2) is 176 Å². The Balaban J connectivity index is 0.000000187. The summed E-state index contributed by atoms with van der Waals surface area (Å²) in [5.41, 5.74) is 9.02. The van der Waals surface area contributed by atoms with E-state index in [1.807, 2.05) is 36.5 Å². The van der Waals surface area contributed by atoms with E-state index in [1.54, 1.807) is 134 Å². The first-order chi connectivity index (χ1) is 66.5. The molecule has 10 aromatic heterocycles. The lowest BCUT2D eigenvalue weighted by Crippen LogP contribution is -2.54. The summed E-state index contributed by atoms with van der Waals surface area (Å²) in [6.45, 7) is 25.0. The summed E-state index contributed by atoms with van der Waals surface area (Å²) in [6, 6.07) is 30.4. The van der Waals surface area contributed by atoms with Gasteiger partial charge in [-0.25, -0.2) is 43.9 Å². The number of imide groups is 2. The van der Waals surface area contributed by atoms with Crippen LogP contribution in [-0.4, -0.2) is 231 Å². The van der Waals surface area contributed by atoms with Gasteiger partial charge >= 0.3 is 12.1 Å². The summed E-state index contributed by atoms with van der Waals surface area (Å²) in [4.78, 5) is 98.6. The second kappa shape index (κ2) is 53.8. The molecule has 13 N–H and O–H groups in total. The zero-order valence-corrected chi connectivity index (χ0v) is 93.0. The molecule has 140 heavy (non-hydrogen) atoms. The zero-order chi connectivity index (χ0) is 102. The number of carbonyl (C=O) groups excluding carboxylic acids is 6. The SMILES string of the molecule is C#C[C@]1(CN2Cc3ccc(OC)cc3C2=O)NC(=O)NC1=O.COCn1cc(N)cn1.COCn1cc(Nc2ccc(OCOCC[Si](C)(C)C)c(Br)n2)cn1.COc1ccc2c(c1)C(=O)N(C[C@@]1(c3coc4ccc(Nc5cn[nH]c5)nc34)NC(=O)NC1=O)C2.C[Si](C)(C)CCOCCl.C[Si](C)(C)CCOCOc1ccc(I)nc1Br.Oc1ccc(I)nc1Br.Oc1ccc(Nc2cn[nH]c2)nc1Br. The minimum Gasteiger partial charge on any atom is -0.505 e. The van der Waals surface area contributed by atoms with E-state index >= 15 is 0 Å². The number of ether oxygens (including phenoxy) is 9. The van der Waals surface area contributed by atoms with Crippen LogP contribution in [0.1, 0.15) is 37.4 Å². The molecule has 2 atom stereocenters. The van der Waals surface area contributed by atoms with Crippen LogP contribution in [-0.2, 0) is 65.4 Å². The molecule has 4 aliphatic heterocycles. The number of amides is 8. The predicted octanol–water partition coefficient (Wildman–Crippen LogP) is 16.9. The van der Waals surface area contributed by atoms with Crippen molar-refractivity contribution in [2.75, 3.05) is 103 Å². The number of H-pyrrole nitrogens is 2. The average Bonchev–Trinajstić information content (AvgIpc) is 1.58. The Labute approximate surface area is 876 Å². The van der Waals surface area contributed by atoms with E-state index in [0.717, 1.165) is 72.2 Å². The number of nitrogen functional groups attached to an aromatic ring is 1. The van der Waals surface area contributed by atoms with Crippen LogP contribution in [0.3, 0.4) is 0 Å². The van der Waals surface area contributed by atoms with Gasteiger partial charge in [-0.15, -0.1) is 6.42 Å². The number of anilines is 7. The normalized spacial score (nSPS) is 14.9. The number of urea groups is 2. The number of fused-ring (bicyclic) bond motifs is 3. The van der Waals surface area contributed by atoms with Gasteiger partial charge in [-0.2, -0.15) is 20.4 Å². The second-order valence-electron chi connectivity index (χ2n) is 34.2. The van der Waals surface area contributed by atoms with Gasteiger partial charge in [0.15, 0.2) is 46.3 Å². The number of pyridine rings is 5. The van der Waals surface area contributed by atoms with E-state index in [-0.39, 0.29) is 56.5 Å². The number of furan rings is 1. The Morgan fingerprint density at radius 1 is 0.550 bits per heavy atom. The van der Waals surface area contributed by atoms with Crippen molar-refractivity contribution in [1.82, 2.24) is 95.9 Å². The van der Waals surface area contributed by atoms with Crippen LogP contribution in [0.4, 0.5) is 49.8 Å². The molecule has 8 amide bonds. The molecule has 748 valence electrons. The van der Waals surface area contributed by atoms with Gasteiger partial charge in [0.05, 0.1) is 99.1 Å². The number of rotatable bonds is 33. The summed E-state index contributed by atoms with van der Waals surface area (Å²) >= 11 is 22.5. The summed E-state index contributed by atoms with van der Waals surface area (Å²) in [5.74, 6) is 5.15. The molecule has 16 rings (SSSR count). The molecule has 0 radical (unpaired) electrons. The highest BCUT2D eigenvalue weighted by Gasteiger charge is 2.53. The van der Waals surface area contributed by atoms with Gasteiger partial charge in [0.2, 0.25) is 0 Å². The molecule has 0 spiro atoms. The molecule has 0 saturated carbocycles. The van der Waals surface area contributed by atoms with Gasteiger partial charge in [0.1, 0.15) is 86.7 Å². The third-order valence-electron chi connectivity index (χ3n) is 19.8. The molecule has 2 aromatic carbocycles. The maximum absolute atomic E-state index is 13.2. The first-order valence-corrected chi connectivity index (χ1v) is 59.6.